The molecule has 1 rings (SSSR count). The minimum Gasteiger partial charge on any atom is -0.381 e. The van der Waals surface area contributed by atoms with E-state index in [0.717, 1.165) is 26.0 Å². The normalized spacial score (nSPS) is 10.7. The summed E-state index contributed by atoms with van der Waals surface area (Å²) in [6.45, 7) is 9.09. The number of amides is 1. The zero-order chi connectivity index (χ0) is 15.5. The first-order chi connectivity index (χ1) is 10.1. The standard InChI is InChI=1S/C15H26N4O2/c1-4-6-17-14-10-16-9-13(19-14)15(20)18-7-5-8-21-11-12(2)3/h9-10,12H,4-8,11H2,1-3H3,(H,17,19)(H,18,20). The van der Waals surface area contributed by atoms with Crippen molar-refractivity contribution in [3.8, 4) is 0 Å². The number of rotatable bonds is 10. The average molecular weight is 294 g/mol. The summed E-state index contributed by atoms with van der Waals surface area (Å²) in [7, 11) is 0. The Morgan fingerprint density at radius 3 is 2.86 bits per heavy atom. The van der Waals surface area contributed by atoms with Crippen LogP contribution in [0.15, 0.2) is 12.4 Å². The molecule has 0 radical (unpaired) electrons. The summed E-state index contributed by atoms with van der Waals surface area (Å²) in [5.41, 5.74) is 0.333. The van der Waals surface area contributed by atoms with Crippen LogP contribution >= 0.6 is 0 Å². The first-order valence-corrected chi connectivity index (χ1v) is 7.55. The summed E-state index contributed by atoms with van der Waals surface area (Å²) in [5.74, 6) is 0.963. The highest BCUT2D eigenvalue weighted by Crippen LogP contribution is 2.02. The Labute approximate surface area is 126 Å². The molecule has 0 aliphatic heterocycles. The quantitative estimate of drug-likeness (QED) is 0.646. The van der Waals surface area contributed by atoms with Crippen molar-refractivity contribution in [2.24, 2.45) is 5.92 Å². The van der Waals surface area contributed by atoms with E-state index in [1.807, 2.05) is 0 Å². The van der Waals surface area contributed by atoms with Gasteiger partial charge in [-0.1, -0.05) is 20.8 Å². The zero-order valence-electron chi connectivity index (χ0n) is 13.2. The second-order valence-corrected chi connectivity index (χ2v) is 5.29. The van der Waals surface area contributed by atoms with Gasteiger partial charge in [-0.25, -0.2) is 4.98 Å². The fourth-order valence-electron chi connectivity index (χ4n) is 1.60. The Hall–Kier alpha value is -1.69. The molecule has 6 heteroatoms. The smallest absolute Gasteiger partial charge is 0.271 e. The molecule has 0 saturated heterocycles. The van der Waals surface area contributed by atoms with Gasteiger partial charge in [0.1, 0.15) is 11.5 Å². The molecule has 2 N–H and O–H groups in total. The third kappa shape index (κ3) is 7.60. The lowest BCUT2D eigenvalue weighted by Gasteiger charge is -2.08. The molecular formula is C15H26N4O2. The number of nitrogens with one attached hydrogen (secondary N) is 2. The summed E-state index contributed by atoms with van der Waals surface area (Å²) in [4.78, 5) is 20.2. The van der Waals surface area contributed by atoms with E-state index in [0.29, 0.717) is 30.6 Å². The summed E-state index contributed by atoms with van der Waals surface area (Å²) < 4.78 is 5.46. The number of aromatic nitrogens is 2. The highest BCUT2D eigenvalue weighted by atomic mass is 16.5. The number of anilines is 1. The van der Waals surface area contributed by atoms with Crippen LogP contribution in [0.2, 0.25) is 0 Å². The molecule has 0 fully saturated rings. The van der Waals surface area contributed by atoms with Gasteiger partial charge in [0, 0.05) is 26.3 Å². The minimum absolute atomic E-state index is 0.202. The molecule has 0 unspecified atom stereocenters. The lowest BCUT2D eigenvalue weighted by Crippen LogP contribution is -2.26. The Kier molecular flexibility index (Phi) is 8.35. The SMILES string of the molecule is CCCNc1cncc(C(=O)NCCCOCC(C)C)n1. The number of carbonyl (C=O) groups excluding carboxylic acids is 1. The lowest BCUT2D eigenvalue weighted by atomic mass is 10.2. The van der Waals surface area contributed by atoms with Crippen molar-refractivity contribution in [2.75, 3.05) is 31.6 Å². The molecule has 0 atom stereocenters. The monoisotopic (exact) mass is 294 g/mol. The van der Waals surface area contributed by atoms with E-state index < -0.39 is 0 Å². The van der Waals surface area contributed by atoms with Gasteiger partial charge in [0.05, 0.1) is 12.4 Å². The molecule has 6 nitrogen and oxygen atoms in total. The molecule has 118 valence electrons. The minimum atomic E-state index is -0.202. The molecular weight excluding hydrogens is 268 g/mol. The first-order valence-electron chi connectivity index (χ1n) is 7.55. The Bertz CT molecular complexity index is 424. The molecule has 1 amide bonds. The number of hydrogen-bond acceptors (Lipinski definition) is 5. The maximum absolute atomic E-state index is 11.9. The van der Waals surface area contributed by atoms with E-state index in [9.17, 15) is 4.79 Å². The van der Waals surface area contributed by atoms with Crippen LogP contribution in [0.5, 0.6) is 0 Å². The molecule has 0 aliphatic rings. The van der Waals surface area contributed by atoms with E-state index in [4.69, 9.17) is 4.74 Å². The van der Waals surface area contributed by atoms with Crippen molar-refractivity contribution in [2.45, 2.75) is 33.6 Å². The molecule has 1 aromatic rings. The third-order valence-corrected chi connectivity index (χ3v) is 2.63. The van der Waals surface area contributed by atoms with E-state index >= 15 is 0 Å². The molecule has 21 heavy (non-hydrogen) atoms. The largest absolute Gasteiger partial charge is 0.381 e. The van der Waals surface area contributed by atoms with Crippen LogP contribution in [-0.4, -0.2) is 42.2 Å². The van der Waals surface area contributed by atoms with Crippen LogP contribution < -0.4 is 10.6 Å². The van der Waals surface area contributed by atoms with Crippen LogP contribution in [0, 0.1) is 5.92 Å². The summed E-state index contributed by atoms with van der Waals surface area (Å²) >= 11 is 0. The highest BCUT2D eigenvalue weighted by molar-refractivity contribution is 5.92. The molecule has 1 aromatic heterocycles. The van der Waals surface area contributed by atoms with Gasteiger partial charge >= 0.3 is 0 Å². The first kappa shape index (κ1) is 17.4. The van der Waals surface area contributed by atoms with Crippen LogP contribution in [0.3, 0.4) is 0 Å². The number of hydrogen-bond donors (Lipinski definition) is 2. The van der Waals surface area contributed by atoms with Gasteiger partial charge in [-0.05, 0) is 18.8 Å². The number of carbonyl (C=O) groups is 1. The summed E-state index contributed by atoms with van der Waals surface area (Å²) in [5, 5.41) is 5.93. The van der Waals surface area contributed by atoms with E-state index in [-0.39, 0.29) is 5.91 Å². The maximum Gasteiger partial charge on any atom is 0.271 e. The molecule has 0 spiro atoms. The topological polar surface area (TPSA) is 76.1 Å². The fourth-order valence-corrected chi connectivity index (χ4v) is 1.60. The lowest BCUT2D eigenvalue weighted by molar-refractivity contribution is 0.0920. The van der Waals surface area contributed by atoms with Crippen molar-refractivity contribution >= 4 is 11.7 Å². The molecule has 0 saturated carbocycles. The third-order valence-electron chi connectivity index (χ3n) is 2.63. The van der Waals surface area contributed by atoms with Gasteiger partial charge < -0.3 is 15.4 Å². The molecule has 0 bridgehead atoms. The van der Waals surface area contributed by atoms with Gasteiger partial charge in [0.25, 0.3) is 5.91 Å². The average Bonchev–Trinajstić information content (AvgIpc) is 2.48. The highest BCUT2D eigenvalue weighted by Gasteiger charge is 2.08. The van der Waals surface area contributed by atoms with Crippen molar-refractivity contribution in [3.05, 3.63) is 18.1 Å². The van der Waals surface area contributed by atoms with Gasteiger partial charge in [0.15, 0.2) is 0 Å². The summed E-state index contributed by atoms with van der Waals surface area (Å²) in [6, 6.07) is 0. The number of nitrogens with zero attached hydrogens (tertiary/aromatic N) is 2. The van der Waals surface area contributed by atoms with Crippen molar-refractivity contribution < 1.29 is 9.53 Å². The van der Waals surface area contributed by atoms with E-state index in [2.05, 4.69) is 41.4 Å². The van der Waals surface area contributed by atoms with Crippen LogP contribution in [0.1, 0.15) is 44.1 Å². The van der Waals surface area contributed by atoms with Crippen LogP contribution in [0.25, 0.3) is 0 Å². The van der Waals surface area contributed by atoms with Gasteiger partial charge in [-0.2, -0.15) is 0 Å². The van der Waals surface area contributed by atoms with Crippen LogP contribution in [-0.2, 0) is 4.74 Å². The fraction of sp³-hybridized carbons (Fsp3) is 0.667. The van der Waals surface area contributed by atoms with Gasteiger partial charge in [0.2, 0.25) is 0 Å². The second kappa shape index (κ2) is 10.1. The Morgan fingerprint density at radius 2 is 2.14 bits per heavy atom. The molecule has 1 heterocycles. The zero-order valence-corrected chi connectivity index (χ0v) is 13.2. The van der Waals surface area contributed by atoms with Crippen molar-refractivity contribution in [1.82, 2.24) is 15.3 Å². The van der Waals surface area contributed by atoms with Crippen LogP contribution in [0.4, 0.5) is 5.82 Å². The second-order valence-electron chi connectivity index (χ2n) is 5.29. The van der Waals surface area contributed by atoms with Gasteiger partial charge in [-0.3, -0.25) is 9.78 Å². The maximum atomic E-state index is 11.9. The summed E-state index contributed by atoms with van der Waals surface area (Å²) in [6.07, 6.45) is 4.88. The van der Waals surface area contributed by atoms with Crippen molar-refractivity contribution in [1.29, 1.82) is 0 Å². The van der Waals surface area contributed by atoms with Crippen molar-refractivity contribution in [3.63, 3.8) is 0 Å². The number of ether oxygens (including phenoxy) is 1. The van der Waals surface area contributed by atoms with E-state index in [1.54, 1.807) is 6.20 Å². The molecule has 0 aliphatic carbocycles. The predicted molar refractivity (Wildman–Crippen MR) is 83.4 cm³/mol. The predicted octanol–water partition coefficient (Wildman–Crippen LogP) is 2.09. The van der Waals surface area contributed by atoms with E-state index in [1.165, 1.54) is 6.20 Å². The van der Waals surface area contributed by atoms with Gasteiger partial charge in [-0.15, -0.1) is 0 Å². The Morgan fingerprint density at radius 1 is 1.33 bits per heavy atom. The molecule has 0 aromatic carbocycles. The Balaban J connectivity index is 2.28.